The van der Waals surface area contributed by atoms with E-state index in [1.54, 1.807) is 13.0 Å². The van der Waals surface area contributed by atoms with Crippen LogP contribution in [0.5, 0.6) is 0 Å². The number of fused-ring (bicyclic) bond motifs is 1. The van der Waals surface area contributed by atoms with Crippen molar-refractivity contribution in [2.45, 2.75) is 19.4 Å². The van der Waals surface area contributed by atoms with E-state index in [-0.39, 0.29) is 12.5 Å². The van der Waals surface area contributed by atoms with Crippen molar-refractivity contribution in [3.8, 4) is 0 Å². The highest BCUT2D eigenvalue weighted by Crippen LogP contribution is 2.20. The normalized spacial score (nSPS) is 13.5. The molecule has 3 aromatic rings. The minimum atomic E-state index is -1.13. The minimum absolute atomic E-state index is 0.123. The molecule has 0 radical (unpaired) electrons. The number of amides is 1. The van der Waals surface area contributed by atoms with Gasteiger partial charge < -0.3 is 10.4 Å². The van der Waals surface area contributed by atoms with Crippen LogP contribution in [0.15, 0.2) is 60.7 Å². The van der Waals surface area contributed by atoms with Crippen molar-refractivity contribution in [1.82, 2.24) is 10.3 Å². The molecule has 4 heteroatoms. The number of carbonyl (C=O) groups is 1. The van der Waals surface area contributed by atoms with Crippen LogP contribution in [-0.4, -0.2) is 22.5 Å². The van der Waals surface area contributed by atoms with E-state index in [0.717, 1.165) is 16.6 Å². The second kappa shape index (κ2) is 6.42. The molecule has 1 amide bonds. The molecule has 1 heterocycles. The number of aromatic nitrogens is 1. The number of nitrogens with one attached hydrogen (secondary N) is 1. The monoisotopic (exact) mass is 320 g/mol. The third-order valence-electron chi connectivity index (χ3n) is 4.09. The number of para-hydroxylation sites is 1. The van der Waals surface area contributed by atoms with Gasteiger partial charge in [-0.3, -0.25) is 9.78 Å². The molecule has 0 spiro atoms. The molecule has 3 rings (SSSR count). The van der Waals surface area contributed by atoms with Crippen molar-refractivity contribution >= 4 is 16.8 Å². The Kier molecular flexibility index (Phi) is 4.32. The topological polar surface area (TPSA) is 62.2 Å². The number of rotatable bonds is 4. The lowest BCUT2D eigenvalue weighted by atomic mass is 9.96. The fourth-order valence-corrected chi connectivity index (χ4v) is 2.67. The van der Waals surface area contributed by atoms with E-state index in [1.807, 2.05) is 61.5 Å². The van der Waals surface area contributed by atoms with Gasteiger partial charge in [0.05, 0.1) is 17.6 Å². The van der Waals surface area contributed by atoms with E-state index >= 15 is 0 Å². The van der Waals surface area contributed by atoms with E-state index < -0.39 is 5.60 Å². The molecular formula is C20H20N2O2. The first kappa shape index (κ1) is 16.1. The Balaban J connectivity index is 1.82. The summed E-state index contributed by atoms with van der Waals surface area (Å²) in [7, 11) is 0. The van der Waals surface area contributed by atoms with Gasteiger partial charge >= 0.3 is 0 Å². The number of pyridine rings is 1. The number of benzene rings is 2. The molecule has 4 nitrogen and oxygen atoms in total. The van der Waals surface area contributed by atoms with E-state index in [4.69, 9.17) is 0 Å². The molecule has 0 saturated heterocycles. The molecule has 0 aliphatic heterocycles. The van der Waals surface area contributed by atoms with Crippen LogP contribution in [0.1, 0.15) is 28.5 Å². The number of aryl methyl sites for hydroxylation is 1. The maximum atomic E-state index is 12.6. The molecule has 0 aliphatic carbocycles. The number of hydrogen-bond donors (Lipinski definition) is 2. The summed E-state index contributed by atoms with van der Waals surface area (Å²) in [6.07, 6.45) is 0. The average Bonchev–Trinajstić information content (AvgIpc) is 2.60. The van der Waals surface area contributed by atoms with Crippen molar-refractivity contribution in [1.29, 1.82) is 0 Å². The van der Waals surface area contributed by atoms with E-state index in [1.165, 1.54) is 0 Å². The lowest BCUT2D eigenvalue weighted by Crippen LogP contribution is -2.38. The zero-order valence-electron chi connectivity index (χ0n) is 13.8. The highest BCUT2D eigenvalue weighted by Gasteiger charge is 2.24. The predicted molar refractivity (Wildman–Crippen MR) is 94.8 cm³/mol. The Hall–Kier alpha value is -2.72. The summed E-state index contributed by atoms with van der Waals surface area (Å²) in [5.41, 5.74) is 1.68. The van der Waals surface area contributed by atoms with Gasteiger partial charge in [0, 0.05) is 11.1 Å². The smallest absolute Gasteiger partial charge is 0.253 e. The number of nitrogens with zero attached hydrogens (tertiary/aromatic N) is 1. The second-order valence-electron chi connectivity index (χ2n) is 6.15. The Morgan fingerprint density at radius 2 is 1.83 bits per heavy atom. The largest absolute Gasteiger partial charge is 0.384 e. The van der Waals surface area contributed by atoms with Crippen molar-refractivity contribution in [2.24, 2.45) is 0 Å². The van der Waals surface area contributed by atoms with Gasteiger partial charge in [0.15, 0.2) is 0 Å². The molecule has 24 heavy (non-hydrogen) atoms. The van der Waals surface area contributed by atoms with Crippen molar-refractivity contribution in [3.63, 3.8) is 0 Å². The fourth-order valence-electron chi connectivity index (χ4n) is 2.67. The number of aliphatic hydroxyl groups is 1. The fraction of sp³-hybridized carbons (Fsp3) is 0.200. The maximum absolute atomic E-state index is 12.6. The van der Waals surface area contributed by atoms with Gasteiger partial charge in [0.25, 0.3) is 5.91 Å². The van der Waals surface area contributed by atoms with Crippen LogP contribution >= 0.6 is 0 Å². The maximum Gasteiger partial charge on any atom is 0.253 e. The molecule has 0 fully saturated rings. The second-order valence-corrected chi connectivity index (χ2v) is 6.15. The first-order chi connectivity index (χ1) is 11.5. The summed E-state index contributed by atoms with van der Waals surface area (Å²) in [5, 5.41) is 14.3. The predicted octanol–water partition coefficient (Wildman–Crippen LogP) is 3.18. The van der Waals surface area contributed by atoms with E-state index in [0.29, 0.717) is 11.1 Å². The average molecular weight is 320 g/mol. The third-order valence-corrected chi connectivity index (χ3v) is 4.09. The lowest BCUT2D eigenvalue weighted by molar-refractivity contribution is 0.0527. The van der Waals surface area contributed by atoms with Gasteiger partial charge in [-0.05, 0) is 31.5 Å². The highest BCUT2D eigenvalue weighted by atomic mass is 16.3. The summed E-state index contributed by atoms with van der Waals surface area (Å²) >= 11 is 0. The first-order valence-corrected chi connectivity index (χ1v) is 7.90. The van der Waals surface area contributed by atoms with Gasteiger partial charge in [-0.15, -0.1) is 0 Å². The van der Waals surface area contributed by atoms with Crippen LogP contribution in [0.25, 0.3) is 10.9 Å². The first-order valence-electron chi connectivity index (χ1n) is 7.90. The Morgan fingerprint density at radius 3 is 2.58 bits per heavy atom. The van der Waals surface area contributed by atoms with Crippen LogP contribution < -0.4 is 5.32 Å². The van der Waals surface area contributed by atoms with Crippen LogP contribution in [0, 0.1) is 6.92 Å². The number of hydrogen-bond acceptors (Lipinski definition) is 3. The van der Waals surface area contributed by atoms with E-state index in [9.17, 15) is 9.90 Å². The molecule has 1 aromatic heterocycles. The van der Waals surface area contributed by atoms with Gasteiger partial charge in [-0.1, -0.05) is 48.5 Å². The van der Waals surface area contributed by atoms with Crippen molar-refractivity contribution in [2.75, 3.05) is 6.54 Å². The summed E-state index contributed by atoms with van der Waals surface area (Å²) in [6.45, 7) is 3.71. The van der Waals surface area contributed by atoms with Crippen LogP contribution in [0.3, 0.4) is 0 Å². The standard InChI is InChI=1S/C20H20N2O2/c1-14-11-12-15-7-6-10-17(18(15)22-14)19(23)21-13-20(2,24)16-8-4-3-5-9-16/h3-12,24H,13H2,1-2H3,(H,21,23). The molecule has 2 aromatic carbocycles. The van der Waals surface area contributed by atoms with Gasteiger partial charge in [-0.2, -0.15) is 0 Å². The molecule has 2 N–H and O–H groups in total. The zero-order chi connectivity index (χ0) is 17.2. The van der Waals surface area contributed by atoms with Crippen LogP contribution in [-0.2, 0) is 5.60 Å². The quantitative estimate of drug-likeness (QED) is 0.776. The third kappa shape index (κ3) is 3.29. The molecule has 1 atom stereocenters. The highest BCUT2D eigenvalue weighted by molar-refractivity contribution is 6.05. The Bertz CT molecular complexity index is 873. The zero-order valence-corrected chi connectivity index (χ0v) is 13.8. The molecular weight excluding hydrogens is 300 g/mol. The number of carbonyl (C=O) groups excluding carboxylic acids is 1. The Morgan fingerprint density at radius 1 is 1.08 bits per heavy atom. The summed E-state index contributed by atoms with van der Waals surface area (Å²) in [4.78, 5) is 17.1. The van der Waals surface area contributed by atoms with Crippen LogP contribution in [0.2, 0.25) is 0 Å². The van der Waals surface area contributed by atoms with Crippen LogP contribution in [0.4, 0.5) is 0 Å². The summed E-state index contributed by atoms with van der Waals surface area (Å²) < 4.78 is 0. The van der Waals surface area contributed by atoms with Crippen molar-refractivity contribution < 1.29 is 9.90 Å². The lowest BCUT2D eigenvalue weighted by Gasteiger charge is -2.24. The molecule has 0 saturated carbocycles. The molecule has 0 bridgehead atoms. The molecule has 0 aliphatic rings. The van der Waals surface area contributed by atoms with Gasteiger partial charge in [0.1, 0.15) is 5.60 Å². The Labute approximate surface area is 141 Å². The molecule has 122 valence electrons. The summed E-state index contributed by atoms with van der Waals surface area (Å²) in [5.74, 6) is -0.241. The van der Waals surface area contributed by atoms with Crippen molar-refractivity contribution in [3.05, 3.63) is 77.5 Å². The van der Waals surface area contributed by atoms with Gasteiger partial charge in [0.2, 0.25) is 0 Å². The molecule has 1 unspecified atom stereocenters. The SMILES string of the molecule is Cc1ccc2cccc(C(=O)NCC(C)(O)c3ccccc3)c2n1. The van der Waals surface area contributed by atoms with Gasteiger partial charge in [-0.25, -0.2) is 0 Å². The van der Waals surface area contributed by atoms with E-state index in [2.05, 4.69) is 10.3 Å². The summed E-state index contributed by atoms with van der Waals surface area (Å²) in [6, 6.07) is 18.7. The minimum Gasteiger partial charge on any atom is -0.384 e.